The molecule has 3 aromatic rings. The fourth-order valence-electron chi connectivity index (χ4n) is 4.61. The van der Waals surface area contributed by atoms with Crippen LogP contribution in [0.3, 0.4) is 0 Å². The van der Waals surface area contributed by atoms with E-state index in [2.05, 4.69) is 5.32 Å². The zero-order valence-electron chi connectivity index (χ0n) is 24.0. The third-order valence-corrected chi connectivity index (χ3v) is 8.57. The number of nitrogens with zero attached hydrogens (tertiary/aromatic N) is 2. The summed E-state index contributed by atoms with van der Waals surface area (Å²) >= 11 is 6.50. The van der Waals surface area contributed by atoms with E-state index in [0.29, 0.717) is 41.7 Å². The lowest BCUT2D eigenvalue weighted by Crippen LogP contribution is -2.54. The standard InChI is InChI=1S/C31H36ClN3O6S/c1-4-22(2)33-31(37)27(18-23-10-6-5-7-11-23)34(20-24-12-8-9-13-26(24)32)30(36)21-35(42(3,38)39)25-14-15-28-29(19-25)41-17-16-40-28/h5-15,19,22,27H,4,16-18,20-21H2,1-3H3,(H,33,37). The van der Waals surface area contributed by atoms with Crippen LogP contribution in [0, 0.1) is 0 Å². The molecule has 224 valence electrons. The lowest BCUT2D eigenvalue weighted by Gasteiger charge is -2.34. The van der Waals surface area contributed by atoms with Gasteiger partial charge in [0.2, 0.25) is 21.8 Å². The Morgan fingerprint density at radius 2 is 1.64 bits per heavy atom. The summed E-state index contributed by atoms with van der Waals surface area (Å²) in [4.78, 5) is 29.4. The van der Waals surface area contributed by atoms with Gasteiger partial charge in [-0.2, -0.15) is 0 Å². The lowest BCUT2D eigenvalue weighted by molar-refractivity contribution is -0.140. The van der Waals surface area contributed by atoms with Crippen molar-refractivity contribution in [3.05, 3.63) is 88.9 Å². The Balaban J connectivity index is 1.74. The number of hydrogen-bond acceptors (Lipinski definition) is 6. The molecule has 2 atom stereocenters. The first kappa shape index (κ1) is 31.2. The van der Waals surface area contributed by atoms with E-state index in [1.165, 1.54) is 11.0 Å². The molecule has 9 nitrogen and oxygen atoms in total. The van der Waals surface area contributed by atoms with Crippen LogP contribution in [-0.2, 0) is 32.6 Å². The largest absolute Gasteiger partial charge is 0.486 e. The van der Waals surface area contributed by atoms with Gasteiger partial charge in [-0.1, -0.05) is 67.1 Å². The third-order valence-electron chi connectivity index (χ3n) is 7.06. The van der Waals surface area contributed by atoms with Crippen molar-refractivity contribution in [1.82, 2.24) is 10.2 Å². The van der Waals surface area contributed by atoms with Gasteiger partial charge in [-0.15, -0.1) is 0 Å². The highest BCUT2D eigenvalue weighted by Gasteiger charge is 2.34. The number of rotatable bonds is 12. The van der Waals surface area contributed by atoms with E-state index in [1.54, 1.807) is 36.4 Å². The van der Waals surface area contributed by atoms with Gasteiger partial charge < -0.3 is 19.7 Å². The van der Waals surface area contributed by atoms with Crippen LogP contribution in [0.25, 0.3) is 0 Å². The topological polar surface area (TPSA) is 105 Å². The molecule has 3 aromatic carbocycles. The normalized spacial score (nSPS) is 14.0. The number of carbonyl (C=O) groups excluding carboxylic acids is 2. The van der Waals surface area contributed by atoms with Crippen molar-refractivity contribution in [1.29, 1.82) is 0 Å². The zero-order valence-corrected chi connectivity index (χ0v) is 25.5. The molecule has 2 amide bonds. The second-order valence-electron chi connectivity index (χ2n) is 10.2. The number of halogens is 1. The average molecular weight is 614 g/mol. The van der Waals surface area contributed by atoms with E-state index in [9.17, 15) is 18.0 Å². The van der Waals surface area contributed by atoms with Crippen LogP contribution in [0.1, 0.15) is 31.4 Å². The smallest absolute Gasteiger partial charge is 0.244 e. The summed E-state index contributed by atoms with van der Waals surface area (Å²) in [5.41, 5.74) is 1.73. The Bertz CT molecular complexity index is 1500. The molecule has 1 aliphatic heterocycles. The van der Waals surface area contributed by atoms with Crippen molar-refractivity contribution in [3.63, 3.8) is 0 Å². The van der Waals surface area contributed by atoms with Gasteiger partial charge in [0, 0.05) is 30.1 Å². The molecule has 42 heavy (non-hydrogen) atoms. The number of amides is 2. The van der Waals surface area contributed by atoms with Crippen molar-refractivity contribution in [2.24, 2.45) is 0 Å². The van der Waals surface area contributed by atoms with E-state index < -0.39 is 28.5 Å². The van der Waals surface area contributed by atoms with Gasteiger partial charge in [0.1, 0.15) is 25.8 Å². The number of ether oxygens (including phenoxy) is 2. The number of sulfonamides is 1. The molecule has 0 aliphatic carbocycles. The number of nitrogens with one attached hydrogen (secondary N) is 1. The van der Waals surface area contributed by atoms with Gasteiger partial charge in [0.25, 0.3) is 0 Å². The molecule has 0 aromatic heterocycles. The quantitative estimate of drug-likeness (QED) is 0.324. The number of carbonyl (C=O) groups is 2. The van der Waals surface area contributed by atoms with Crippen LogP contribution in [0.2, 0.25) is 5.02 Å². The molecule has 1 heterocycles. The number of hydrogen-bond donors (Lipinski definition) is 1. The highest BCUT2D eigenvalue weighted by atomic mass is 35.5. The molecule has 0 saturated heterocycles. The van der Waals surface area contributed by atoms with E-state index in [4.69, 9.17) is 21.1 Å². The van der Waals surface area contributed by atoms with E-state index in [0.717, 1.165) is 16.1 Å². The summed E-state index contributed by atoms with van der Waals surface area (Å²) in [7, 11) is -3.92. The van der Waals surface area contributed by atoms with Crippen LogP contribution >= 0.6 is 11.6 Å². The Labute approximate surface area is 252 Å². The zero-order chi connectivity index (χ0) is 30.3. The molecular weight excluding hydrogens is 578 g/mol. The molecule has 11 heteroatoms. The van der Waals surface area contributed by atoms with Crippen LogP contribution in [0.15, 0.2) is 72.8 Å². The summed E-state index contributed by atoms with van der Waals surface area (Å²) in [6.45, 7) is 4.03. The maximum atomic E-state index is 14.2. The highest BCUT2D eigenvalue weighted by Crippen LogP contribution is 2.35. The number of benzene rings is 3. The molecule has 0 saturated carbocycles. The van der Waals surface area contributed by atoms with Crippen molar-refractivity contribution < 1.29 is 27.5 Å². The molecule has 0 radical (unpaired) electrons. The number of fused-ring (bicyclic) bond motifs is 1. The fraction of sp³-hybridized carbons (Fsp3) is 0.355. The van der Waals surface area contributed by atoms with E-state index in [-0.39, 0.29) is 30.6 Å². The minimum absolute atomic E-state index is 0.00265. The fourth-order valence-corrected chi connectivity index (χ4v) is 5.64. The Morgan fingerprint density at radius 3 is 2.31 bits per heavy atom. The second kappa shape index (κ2) is 13.9. The molecule has 0 spiro atoms. The maximum Gasteiger partial charge on any atom is 0.244 e. The first-order chi connectivity index (χ1) is 20.1. The van der Waals surface area contributed by atoms with Crippen molar-refractivity contribution in [2.75, 3.05) is 30.3 Å². The van der Waals surface area contributed by atoms with Gasteiger partial charge in [-0.25, -0.2) is 8.42 Å². The van der Waals surface area contributed by atoms with Gasteiger partial charge in [0.15, 0.2) is 11.5 Å². The summed E-state index contributed by atoms with van der Waals surface area (Å²) in [5, 5.41) is 3.44. The molecule has 1 aliphatic rings. The van der Waals surface area contributed by atoms with Crippen molar-refractivity contribution in [3.8, 4) is 11.5 Å². The summed E-state index contributed by atoms with van der Waals surface area (Å²) in [5.74, 6) is -0.00766. The van der Waals surface area contributed by atoms with Crippen LogP contribution in [0.5, 0.6) is 11.5 Å². The van der Waals surface area contributed by atoms with Crippen LogP contribution < -0.4 is 19.1 Å². The first-order valence-electron chi connectivity index (χ1n) is 13.8. The SMILES string of the molecule is CCC(C)NC(=O)C(Cc1ccccc1)N(Cc1ccccc1Cl)C(=O)CN(c1ccc2c(c1)OCCO2)S(C)(=O)=O. The minimum Gasteiger partial charge on any atom is -0.486 e. The second-order valence-corrected chi connectivity index (χ2v) is 12.5. The molecule has 4 rings (SSSR count). The first-order valence-corrected chi connectivity index (χ1v) is 16.0. The minimum atomic E-state index is -3.92. The van der Waals surface area contributed by atoms with Gasteiger partial charge in [0.05, 0.1) is 11.9 Å². The van der Waals surface area contributed by atoms with Crippen molar-refractivity contribution >= 4 is 39.1 Å². The van der Waals surface area contributed by atoms with E-state index >= 15 is 0 Å². The Kier molecular flexibility index (Phi) is 10.3. The third kappa shape index (κ3) is 7.95. The molecule has 2 unspecified atom stereocenters. The summed E-state index contributed by atoms with van der Waals surface area (Å²) in [6, 6.07) is 20.1. The average Bonchev–Trinajstić information content (AvgIpc) is 2.98. The van der Waals surface area contributed by atoms with Crippen LogP contribution in [-0.4, -0.2) is 63.2 Å². The summed E-state index contributed by atoms with van der Waals surface area (Å²) in [6.07, 6.45) is 1.96. The Hall–Kier alpha value is -3.76. The number of anilines is 1. The van der Waals surface area contributed by atoms with Gasteiger partial charge >= 0.3 is 0 Å². The van der Waals surface area contributed by atoms with Crippen LogP contribution in [0.4, 0.5) is 5.69 Å². The highest BCUT2D eigenvalue weighted by molar-refractivity contribution is 7.92. The predicted octanol–water partition coefficient (Wildman–Crippen LogP) is 4.43. The molecule has 0 fully saturated rings. The van der Waals surface area contributed by atoms with Gasteiger partial charge in [-0.05, 0) is 42.7 Å². The van der Waals surface area contributed by atoms with Gasteiger partial charge in [-0.3, -0.25) is 13.9 Å². The molecule has 1 N–H and O–H groups in total. The predicted molar refractivity (Wildman–Crippen MR) is 163 cm³/mol. The van der Waals surface area contributed by atoms with Crippen molar-refractivity contribution in [2.45, 2.75) is 45.3 Å². The molecular formula is C31H36ClN3O6S. The maximum absolute atomic E-state index is 14.2. The summed E-state index contributed by atoms with van der Waals surface area (Å²) < 4.78 is 38.3. The lowest BCUT2D eigenvalue weighted by atomic mass is 10.0. The Morgan fingerprint density at radius 1 is 0.976 bits per heavy atom. The monoisotopic (exact) mass is 613 g/mol. The van der Waals surface area contributed by atoms with E-state index in [1.807, 2.05) is 44.2 Å². The molecule has 0 bridgehead atoms.